The summed E-state index contributed by atoms with van der Waals surface area (Å²) in [6.45, 7) is 4.04. The van der Waals surface area contributed by atoms with E-state index in [1.807, 2.05) is 18.2 Å². The number of aromatic nitrogens is 2. The van der Waals surface area contributed by atoms with Crippen LogP contribution in [0.4, 0.5) is 5.82 Å². The zero-order valence-corrected chi connectivity index (χ0v) is 25.3. The van der Waals surface area contributed by atoms with Crippen LogP contribution in [0.25, 0.3) is 16.8 Å². The fourth-order valence-electron chi connectivity index (χ4n) is 7.55. The zero-order valence-electron chi connectivity index (χ0n) is 25.3. The van der Waals surface area contributed by atoms with Gasteiger partial charge in [-0.1, -0.05) is 55.5 Å². The first kappa shape index (κ1) is 28.4. The molecule has 1 aliphatic heterocycles. The number of carboxylic acids is 1. The smallest absolute Gasteiger partial charge is 0.341 e. The molecule has 44 heavy (non-hydrogen) atoms. The number of piperidine rings is 1. The Bertz CT molecular complexity index is 1730. The number of rotatable bonds is 8. The van der Waals surface area contributed by atoms with Gasteiger partial charge in [0.25, 0.3) is 0 Å². The normalized spacial score (nSPS) is 18.4. The Morgan fingerprint density at radius 1 is 0.977 bits per heavy atom. The van der Waals surface area contributed by atoms with Crippen LogP contribution >= 0.6 is 0 Å². The van der Waals surface area contributed by atoms with Crippen LogP contribution in [0.15, 0.2) is 66.9 Å². The van der Waals surface area contributed by atoms with Gasteiger partial charge in [0.1, 0.15) is 11.4 Å². The average Bonchev–Trinajstić information content (AvgIpc) is 3.71. The lowest BCUT2D eigenvalue weighted by molar-refractivity contribution is -0.133. The van der Waals surface area contributed by atoms with Crippen molar-refractivity contribution in [2.75, 3.05) is 18.8 Å². The highest BCUT2D eigenvalue weighted by Crippen LogP contribution is 2.43. The highest BCUT2D eigenvalue weighted by Gasteiger charge is 2.35. The van der Waals surface area contributed by atoms with Crippen LogP contribution in [0.2, 0.25) is 0 Å². The van der Waals surface area contributed by atoms with Gasteiger partial charge < -0.3 is 15.7 Å². The van der Waals surface area contributed by atoms with Crippen molar-refractivity contribution < 1.29 is 14.7 Å². The first-order chi connectivity index (χ1) is 21.4. The first-order valence-corrected chi connectivity index (χ1v) is 16.1. The quantitative estimate of drug-likeness (QED) is 0.237. The Kier molecular flexibility index (Phi) is 7.48. The van der Waals surface area contributed by atoms with Crippen LogP contribution in [0, 0.1) is 5.92 Å². The van der Waals surface area contributed by atoms with E-state index >= 15 is 0 Å². The molecule has 3 aromatic carbocycles. The third-order valence-corrected chi connectivity index (χ3v) is 10.0. The number of carboxylic acid groups (broad SMARTS) is 1. The largest absolute Gasteiger partial charge is 0.477 e. The van der Waals surface area contributed by atoms with E-state index in [0.29, 0.717) is 23.7 Å². The van der Waals surface area contributed by atoms with Crippen LogP contribution in [-0.4, -0.2) is 44.8 Å². The molecule has 4 aromatic rings. The van der Waals surface area contributed by atoms with Crippen molar-refractivity contribution in [2.45, 2.75) is 70.1 Å². The third kappa shape index (κ3) is 5.29. The molecule has 2 fully saturated rings. The highest BCUT2D eigenvalue weighted by molar-refractivity contribution is 5.92. The second kappa shape index (κ2) is 11.6. The predicted molar refractivity (Wildman–Crippen MR) is 172 cm³/mol. The summed E-state index contributed by atoms with van der Waals surface area (Å²) in [4.78, 5) is 26.2. The number of nitrogen functional groups attached to an aromatic ring is 1. The topological polar surface area (TPSA) is 101 Å². The molecular weight excluding hydrogens is 548 g/mol. The molecule has 2 heterocycles. The molecule has 1 amide bonds. The monoisotopic (exact) mass is 588 g/mol. The summed E-state index contributed by atoms with van der Waals surface area (Å²) in [6, 6.07) is 21.8. The number of likely N-dealkylation sites (tertiary alicyclic amines) is 1. The van der Waals surface area contributed by atoms with Crippen molar-refractivity contribution >= 4 is 17.7 Å². The summed E-state index contributed by atoms with van der Waals surface area (Å²) in [7, 11) is 0. The van der Waals surface area contributed by atoms with E-state index in [-0.39, 0.29) is 11.4 Å². The van der Waals surface area contributed by atoms with Gasteiger partial charge in [0.2, 0.25) is 5.91 Å². The van der Waals surface area contributed by atoms with Gasteiger partial charge in [-0.15, -0.1) is 0 Å². The molecule has 7 nitrogen and oxygen atoms in total. The number of hydrogen-bond acceptors (Lipinski definition) is 4. The fourth-order valence-corrected chi connectivity index (χ4v) is 7.55. The zero-order chi connectivity index (χ0) is 30.4. The van der Waals surface area contributed by atoms with Crippen LogP contribution in [-0.2, 0) is 24.1 Å². The Labute approximate surface area is 258 Å². The van der Waals surface area contributed by atoms with Crippen molar-refractivity contribution in [2.24, 2.45) is 5.92 Å². The number of nitrogens with two attached hydrogens (primary N) is 1. The fraction of sp³-hybridized carbons (Fsp3) is 0.378. The second-order valence-electron chi connectivity index (χ2n) is 12.8. The Balaban J connectivity index is 1.12. The van der Waals surface area contributed by atoms with Gasteiger partial charge >= 0.3 is 5.97 Å². The summed E-state index contributed by atoms with van der Waals surface area (Å²) in [6.07, 6.45) is 9.79. The van der Waals surface area contributed by atoms with Gasteiger partial charge in [-0.3, -0.25) is 4.79 Å². The predicted octanol–water partition coefficient (Wildman–Crippen LogP) is 6.77. The van der Waals surface area contributed by atoms with Gasteiger partial charge in [-0.25, -0.2) is 9.48 Å². The van der Waals surface area contributed by atoms with E-state index in [1.165, 1.54) is 44.3 Å². The van der Waals surface area contributed by atoms with Crippen LogP contribution in [0.5, 0.6) is 0 Å². The molecule has 3 N–H and O–H groups in total. The van der Waals surface area contributed by atoms with E-state index in [1.54, 1.807) is 0 Å². The van der Waals surface area contributed by atoms with E-state index < -0.39 is 5.97 Å². The number of aromatic carboxylic acids is 1. The summed E-state index contributed by atoms with van der Waals surface area (Å²) in [5, 5.41) is 13.7. The Morgan fingerprint density at radius 3 is 2.50 bits per heavy atom. The molecule has 3 aliphatic rings. The molecule has 1 saturated carbocycles. The highest BCUT2D eigenvalue weighted by atomic mass is 16.4. The average molecular weight is 589 g/mol. The van der Waals surface area contributed by atoms with E-state index in [0.717, 1.165) is 75.7 Å². The first-order valence-electron chi connectivity index (χ1n) is 16.1. The summed E-state index contributed by atoms with van der Waals surface area (Å²) in [5.74, 6) is 0.686. The molecule has 1 aromatic heterocycles. The molecule has 1 atom stereocenters. The minimum Gasteiger partial charge on any atom is -0.477 e. The molecule has 0 bridgehead atoms. The molecule has 226 valence electrons. The molecule has 7 rings (SSSR count). The van der Waals surface area contributed by atoms with Crippen molar-refractivity contribution in [3.8, 4) is 16.8 Å². The maximum absolute atomic E-state index is 12.6. The van der Waals surface area contributed by atoms with Gasteiger partial charge in [0, 0.05) is 19.0 Å². The van der Waals surface area contributed by atoms with Crippen LogP contribution in [0.3, 0.4) is 0 Å². The SMILES string of the molecule is CCc1cc(CC2CCc3cccc(-c4cccc(-n5ncc(C(=O)O)c5N)c4)c32)ccc1C1CCN(C(=O)C2CC2)CC1. The van der Waals surface area contributed by atoms with Crippen molar-refractivity contribution in [1.29, 1.82) is 0 Å². The molecule has 0 radical (unpaired) electrons. The minimum absolute atomic E-state index is 0.00248. The van der Waals surface area contributed by atoms with Crippen molar-refractivity contribution in [3.63, 3.8) is 0 Å². The molecule has 7 heteroatoms. The number of carbonyl (C=O) groups excluding carboxylic acids is 1. The number of aryl methyl sites for hydroxylation is 2. The van der Waals surface area contributed by atoms with Crippen molar-refractivity contribution in [3.05, 3.63) is 100 Å². The number of amides is 1. The maximum atomic E-state index is 12.6. The maximum Gasteiger partial charge on any atom is 0.341 e. The number of carbonyl (C=O) groups is 2. The van der Waals surface area contributed by atoms with Crippen LogP contribution in [0.1, 0.15) is 89.0 Å². The number of hydrogen-bond donors (Lipinski definition) is 2. The molecule has 0 spiro atoms. The van der Waals surface area contributed by atoms with E-state index in [4.69, 9.17) is 5.73 Å². The van der Waals surface area contributed by atoms with E-state index in [9.17, 15) is 14.7 Å². The number of fused-ring (bicyclic) bond motifs is 1. The standard InChI is InChI=1S/C37H40N4O3/c1-2-24-19-23(9-14-31(24)25-15-17-40(18-16-25)36(42)27-11-12-27)20-29-13-10-26-5-4-8-32(34(26)29)28-6-3-7-30(21-28)41-35(38)33(22-39-41)37(43)44/h3-9,14,19,21-22,25,27,29H,2,10-13,15-18,20,38H2,1H3,(H,43,44). The molecule has 1 unspecified atom stereocenters. The molecule has 2 aliphatic carbocycles. The Hall–Kier alpha value is -4.39. The second-order valence-corrected chi connectivity index (χ2v) is 12.8. The lowest BCUT2D eigenvalue weighted by atomic mass is 9.83. The molecule has 1 saturated heterocycles. The third-order valence-electron chi connectivity index (χ3n) is 10.0. The summed E-state index contributed by atoms with van der Waals surface area (Å²) < 4.78 is 1.50. The summed E-state index contributed by atoms with van der Waals surface area (Å²) >= 11 is 0. The number of benzene rings is 3. The molecular formula is C37H40N4O3. The van der Waals surface area contributed by atoms with Gasteiger partial charge in [-0.2, -0.15) is 5.10 Å². The lowest BCUT2D eigenvalue weighted by Gasteiger charge is -2.33. The van der Waals surface area contributed by atoms with E-state index in [2.05, 4.69) is 59.4 Å². The van der Waals surface area contributed by atoms with Gasteiger partial charge in [0.15, 0.2) is 0 Å². The van der Waals surface area contributed by atoms with Crippen molar-refractivity contribution in [1.82, 2.24) is 14.7 Å². The lowest BCUT2D eigenvalue weighted by Crippen LogP contribution is -2.38. The summed E-state index contributed by atoms with van der Waals surface area (Å²) in [5.41, 5.74) is 16.3. The minimum atomic E-state index is -1.08. The van der Waals surface area contributed by atoms with Gasteiger partial charge in [0.05, 0.1) is 11.9 Å². The Morgan fingerprint density at radius 2 is 1.77 bits per heavy atom. The van der Waals surface area contributed by atoms with Crippen LogP contribution < -0.4 is 5.73 Å². The van der Waals surface area contributed by atoms with Gasteiger partial charge in [-0.05, 0) is 114 Å². The number of anilines is 1. The number of nitrogens with zero attached hydrogens (tertiary/aromatic N) is 3.